The summed E-state index contributed by atoms with van der Waals surface area (Å²) in [5, 5.41) is 0. The lowest BCUT2D eigenvalue weighted by atomic mass is 11.9. The number of hydrogen-bond donors (Lipinski definition) is 0. The molecule has 0 aromatic carbocycles. The van der Waals surface area contributed by atoms with Crippen LogP contribution in [-0.4, -0.2) is 38.8 Å². The van der Waals surface area contributed by atoms with Gasteiger partial charge < -0.3 is 12.3 Å². The standard InChI is InChI=1S/C3H16O3Si4/c1-7-4-10(5-8-2)6-9-3/h10H,7-9H2,1-3H3. The van der Waals surface area contributed by atoms with Crippen LogP contribution in [-0.2, 0) is 12.3 Å². The van der Waals surface area contributed by atoms with Crippen LogP contribution >= 0.6 is 0 Å². The molecule has 0 aliphatic rings. The molecule has 10 heavy (non-hydrogen) atoms. The lowest BCUT2D eigenvalue weighted by molar-refractivity contribution is 0.333. The van der Waals surface area contributed by atoms with Gasteiger partial charge in [0.2, 0.25) is 0 Å². The van der Waals surface area contributed by atoms with Crippen LogP contribution in [0.1, 0.15) is 0 Å². The van der Waals surface area contributed by atoms with Gasteiger partial charge in [0.05, 0.1) is 0 Å². The third-order valence-corrected chi connectivity index (χ3v) is 8.17. The fourth-order valence-corrected chi connectivity index (χ4v) is 7.57. The van der Waals surface area contributed by atoms with E-state index in [1.807, 2.05) is 0 Å². The van der Waals surface area contributed by atoms with Crippen LogP contribution in [0.5, 0.6) is 0 Å². The second-order valence-electron chi connectivity index (χ2n) is 1.65. The van der Waals surface area contributed by atoms with Crippen LogP contribution in [0.25, 0.3) is 0 Å². The van der Waals surface area contributed by atoms with E-state index in [4.69, 9.17) is 12.3 Å². The molecule has 0 aliphatic heterocycles. The Morgan fingerprint density at radius 2 is 1.10 bits per heavy atom. The van der Waals surface area contributed by atoms with Crippen LogP contribution in [0.15, 0.2) is 0 Å². The SMILES string of the molecule is C[SiH2]O[SiH](O[SiH2]C)O[SiH2]C. The minimum Gasteiger partial charge on any atom is -0.425 e. The molecule has 0 N–H and O–H groups in total. The third-order valence-electron chi connectivity index (χ3n) is 0.908. The average Bonchev–Trinajstić information content (AvgIpc) is 1.90. The average molecular weight is 213 g/mol. The van der Waals surface area contributed by atoms with Gasteiger partial charge in [0.25, 0.3) is 0 Å². The first kappa shape index (κ1) is 10.7. The summed E-state index contributed by atoms with van der Waals surface area (Å²) in [4.78, 5) is 0. The van der Waals surface area contributed by atoms with E-state index in [0.29, 0.717) is 0 Å². The minimum absolute atomic E-state index is 0.318. The van der Waals surface area contributed by atoms with Crippen LogP contribution in [0.2, 0.25) is 19.6 Å². The van der Waals surface area contributed by atoms with Gasteiger partial charge in [0.1, 0.15) is 29.3 Å². The molecule has 0 amide bonds. The Morgan fingerprint density at radius 1 is 0.800 bits per heavy atom. The van der Waals surface area contributed by atoms with E-state index in [-0.39, 0.29) is 29.3 Å². The molecule has 0 atom stereocenters. The van der Waals surface area contributed by atoms with E-state index in [0.717, 1.165) is 0 Å². The van der Waals surface area contributed by atoms with Gasteiger partial charge in [0.15, 0.2) is 0 Å². The highest BCUT2D eigenvalue weighted by Gasteiger charge is 2.09. The molecule has 0 heterocycles. The second-order valence-corrected chi connectivity index (χ2v) is 7.96. The Bertz CT molecular complexity index is 58.5. The highest BCUT2D eigenvalue weighted by molar-refractivity contribution is 6.57. The Labute approximate surface area is 71.3 Å². The molecular weight excluding hydrogens is 196 g/mol. The molecule has 0 rings (SSSR count). The van der Waals surface area contributed by atoms with E-state index in [1.54, 1.807) is 0 Å². The molecule has 62 valence electrons. The first-order chi connectivity index (χ1) is 4.85. The van der Waals surface area contributed by atoms with Crippen molar-refractivity contribution in [3.8, 4) is 0 Å². The first-order valence-corrected chi connectivity index (χ1v) is 11.1. The van der Waals surface area contributed by atoms with Crippen LogP contribution < -0.4 is 0 Å². The smallest absolute Gasteiger partial charge is 0.425 e. The summed E-state index contributed by atoms with van der Waals surface area (Å²) in [5.41, 5.74) is 0. The fourth-order valence-electron chi connectivity index (χ4n) is 0.553. The summed E-state index contributed by atoms with van der Waals surface area (Å²) in [6.45, 7) is 6.34. The van der Waals surface area contributed by atoms with E-state index in [1.165, 1.54) is 0 Å². The highest BCUT2D eigenvalue weighted by Crippen LogP contribution is 1.88. The fraction of sp³-hybridized carbons (Fsp3) is 1.00. The summed E-state index contributed by atoms with van der Waals surface area (Å²) in [6, 6.07) is 0. The van der Waals surface area contributed by atoms with Crippen molar-refractivity contribution in [1.82, 2.24) is 0 Å². The van der Waals surface area contributed by atoms with Crippen molar-refractivity contribution in [2.24, 2.45) is 0 Å². The van der Waals surface area contributed by atoms with Crippen molar-refractivity contribution in [3.05, 3.63) is 0 Å². The van der Waals surface area contributed by atoms with Gasteiger partial charge in [-0.15, -0.1) is 0 Å². The molecule has 0 spiro atoms. The van der Waals surface area contributed by atoms with Crippen molar-refractivity contribution >= 4 is 38.8 Å². The molecule has 0 aromatic heterocycles. The lowest BCUT2D eigenvalue weighted by Gasteiger charge is -2.14. The molecule has 7 heteroatoms. The third kappa shape index (κ3) is 5.53. The predicted octanol–water partition coefficient (Wildman–Crippen LogP) is -1.85. The van der Waals surface area contributed by atoms with Crippen molar-refractivity contribution in [2.75, 3.05) is 0 Å². The van der Waals surface area contributed by atoms with Gasteiger partial charge in [-0.3, -0.25) is 0 Å². The maximum Gasteiger partial charge on any atom is 0.451 e. The highest BCUT2D eigenvalue weighted by atomic mass is 28.4. The van der Waals surface area contributed by atoms with E-state index >= 15 is 0 Å². The molecule has 3 nitrogen and oxygen atoms in total. The zero-order valence-electron chi connectivity index (χ0n) is 6.92. The van der Waals surface area contributed by atoms with E-state index in [2.05, 4.69) is 19.6 Å². The zero-order chi connectivity index (χ0) is 7.82. The predicted molar refractivity (Wildman–Crippen MR) is 53.6 cm³/mol. The number of rotatable bonds is 6. The van der Waals surface area contributed by atoms with Gasteiger partial charge in [-0.1, -0.05) is 19.6 Å². The Kier molecular flexibility index (Phi) is 8.44. The van der Waals surface area contributed by atoms with E-state index < -0.39 is 9.53 Å². The Morgan fingerprint density at radius 3 is 1.30 bits per heavy atom. The molecule has 0 aromatic rings. The maximum absolute atomic E-state index is 5.43. The van der Waals surface area contributed by atoms with Gasteiger partial charge in [-0.25, -0.2) is 0 Å². The van der Waals surface area contributed by atoms with Crippen LogP contribution in [0.4, 0.5) is 0 Å². The number of hydrogen-bond acceptors (Lipinski definition) is 3. The Hall–Kier alpha value is 0.748. The van der Waals surface area contributed by atoms with Crippen molar-refractivity contribution in [1.29, 1.82) is 0 Å². The molecule has 0 aliphatic carbocycles. The quantitative estimate of drug-likeness (QED) is 0.484. The second kappa shape index (κ2) is 7.85. The topological polar surface area (TPSA) is 27.7 Å². The minimum atomic E-state index is -1.55. The maximum atomic E-state index is 5.43. The molecule has 0 saturated carbocycles. The first-order valence-electron chi connectivity index (χ1n) is 3.69. The van der Waals surface area contributed by atoms with Gasteiger partial charge >= 0.3 is 9.53 Å². The van der Waals surface area contributed by atoms with Gasteiger partial charge in [-0.05, 0) is 0 Å². The summed E-state index contributed by atoms with van der Waals surface area (Å²) in [6.07, 6.45) is 0. The normalized spacial score (nSPS) is 17.1. The molecule has 0 radical (unpaired) electrons. The molecular formula is C3H16O3Si4. The van der Waals surface area contributed by atoms with Gasteiger partial charge in [-0.2, -0.15) is 0 Å². The van der Waals surface area contributed by atoms with Crippen molar-refractivity contribution in [2.45, 2.75) is 19.6 Å². The zero-order valence-corrected chi connectivity index (χ0v) is 12.3. The van der Waals surface area contributed by atoms with Crippen LogP contribution in [0, 0.1) is 0 Å². The summed E-state index contributed by atoms with van der Waals surface area (Å²) in [5.74, 6) is 0. The van der Waals surface area contributed by atoms with E-state index in [9.17, 15) is 0 Å². The molecule has 0 bridgehead atoms. The molecule has 0 saturated heterocycles. The lowest BCUT2D eigenvalue weighted by Crippen LogP contribution is -2.29. The summed E-state index contributed by atoms with van der Waals surface area (Å²) < 4.78 is 16.3. The molecule has 0 fully saturated rings. The van der Waals surface area contributed by atoms with Crippen molar-refractivity contribution < 1.29 is 12.3 Å². The summed E-state index contributed by atoms with van der Waals surface area (Å²) in [7, 11) is -2.50. The van der Waals surface area contributed by atoms with Gasteiger partial charge in [0, 0.05) is 0 Å². The Balaban J connectivity index is 3.30. The summed E-state index contributed by atoms with van der Waals surface area (Å²) >= 11 is 0. The largest absolute Gasteiger partial charge is 0.451 e. The van der Waals surface area contributed by atoms with Crippen molar-refractivity contribution in [3.63, 3.8) is 0 Å². The van der Waals surface area contributed by atoms with Crippen LogP contribution in [0.3, 0.4) is 0 Å². The molecule has 0 unspecified atom stereocenters. The monoisotopic (exact) mass is 212 g/mol.